The molecule has 0 bridgehead atoms. The second-order valence-electron chi connectivity index (χ2n) is 7.36. The summed E-state index contributed by atoms with van der Waals surface area (Å²) in [4.78, 5) is 23.3. The van der Waals surface area contributed by atoms with Crippen LogP contribution in [0, 0.1) is 13.8 Å². The average Bonchev–Trinajstić information content (AvgIpc) is 3.02. The van der Waals surface area contributed by atoms with Gasteiger partial charge in [0.1, 0.15) is 11.4 Å². The first kappa shape index (κ1) is 20.5. The summed E-state index contributed by atoms with van der Waals surface area (Å²) >= 11 is 0. The van der Waals surface area contributed by atoms with Gasteiger partial charge in [0.05, 0.1) is 5.69 Å². The maximum atomic E-state index is 12.4. The molecule has 1 aromatic carbocycles. The van der Waals surface area contributed by atoms with Crippen molar-refractivity contribution in [3.05, 3.63) is 53.3 Å². The van der Waals surface area contributed by atoms with E-state index >= 15 is 0 Å². The highest BCUT2D eigenvalue weighted by Crippen LogP contribution is 2.21. The molecule has 8 heteroatoms. The Balaban J connectivity index is 1.77. The Morgan fingerprint density at radius 1 is 1.10 bits per heavy atom. The normalized spacial score (nSPS) is 11.0. The van der Waals surface area contributed by atoms with Gasteiger partial charge in [-0.15, -0.1) is 0 Å². The molecule has 8 nitrogen and oxygen atoms in total. The van der Waals surface area contributed by atoms with Gasteiger partial charge in [0.15, 0.2) is 0 Å². The zero-order valence-corrected chi connectivity index (χ0v) is 17.5. The van der Waals surface area contributed by atoms with Gasteiger partial charge in [-0.3, -0.25) is 9.48 Å². The Bertz CT molecular complexity index is 990. The van der Waals surface area contributed by atoms with Crippen molar-refractivity contribution >= 4 is 17.5 Å². The predicted molar refractivity (Wildman–Crippen MR) is 114 cm³/mol. The summed E-state index contributed by atoms with van der Waals surface area (Å²) in [6.07, 6.45) is 1.68. The Kier molecular flexibility index (Phi) is 6.23. The highest BCUT2D eigenvalue weighted by molar-refractivity contribution is 5.93. The van der Waals surface area contributed by atoms with Crippen molar-refractivity contribution in [2.75, 3.05) is 32.5 Å². The molecule has 0 aliphatic rings. The molecule has 0 atom stereocenters. The molecule has 0 aliphatic carbocycles. The number of aromatic nitrogens is 4. The molecule has 3 aromatic rings. The topological polar surface area (TPSA) is 88.0 Å². The lowest BCUT2D eigenvalue weighted by atomic mass is 10.1. The first-order valence-electron chi connectivity index (χ1n) is 9.47. The van der Waals surface area contributed by atoms with Gasteiger partial charge in [0.2, 0.25) is 5.95 Å². The fraction of sp³-hybridized carbons (Fsp3) is 0.333. The minimum absolute atomic E-state index is 0.157. The van der Waals surface area contributed by atoms with Crippen LogP contribution < -0.4 is 10.6 Å². The van der Waals surface area contributed by atoms with E-state index < -0.39 is 0 Å². The highest BCUT2D eigenvalue weighted by atomic mass is 16.2. The standard InChI is InChI=1S/C21H27N7O/c1-14-10-15(2)12-16(11-14)24-21-23-7-6-17(25-21)18-13-19(28(5)26-18)20(29)22-8-9-27(3)4/h6-7,10-13H,8-9H2,1-5H3,(H,22,29)(H,23,24,25). The van der Waals surface area contributed by atoms with Crippen molar-refractivity contribution in [1.82, 2.24) is 30.0 Å². The van der Waals surface area contributed by atoms with Gasteiger partial charge in [-0.1, -0.05) is 6.07 Å². The lowest BCUT2D eigenvalue weighted by molar-refractivity contribution is 0.0941. The first-order chi connectivity index (χ1) is 13.8. The van der Waals surface area contributed by atoms with Crippen molar-refractivity contribution in [1.29, 1.82) is 0 Å². The monoisotopic (exact) mass is 393 g/mol. The van der Waals surface area contributed by atoms with Crippen LogP contribution in [0.5, 0.6) is 0 Å². The number of hydrogen-bond donors (Lipinski definition) is 2. The zero-order chi connectivity index (χ0) is 21.0. The average molecular weight is 393 g/mol. The van der Waals surface area contributed by atoms with Crippen molar-refractivity contribution in [2.45, 2.75) is 13.8 Å². The number of rotatable bonds is 7. The van der Waals surface area contributed by atoms with Gasteiger partial charge < -0.3 is 15.5 Å². The predicted octanol–water partition coefficient (Wildman–Crippen LogP) is 2.53. The quantitative estimate of drug-likeness (QED) is 0.641. The Morgan fingerprint density at radius 3 is 2.52 bits per heavy atom. The molecule has 0 unspecified atom stereocenters. The third kappa shape index (κ3) is 5.39. The Morgan fingerprint density at radius 2 is 1.83 bits per heavy atom. The highest BCUT2D eigenvalue weighted by Gasteiger charge is 2.15. The van der Waals surface area contributed by atoms with Gasteiger partial charge in [-0.2, -0.15) is 5.10 Å². The number of benzene rings is 1. The Labute approximate surface area is 171 Å². The van der Waals surface area contributed by atoms with E-state index in [2.05, 4.69) is 45.6 Å². The maximum absolute atomic E-state index is 12.4. The van der Waals surface area contributed by atoms with Crippen LogP contribution in [-0.4, -0.2) is 57.7 Å². The number of carbonyl (C=O) groups excluding carboxylic acids is 1. The van der Waals surface area contributed by atoms with E-state index in [-0.39, 0.29) is 5.91 Å². The van der Waals surface area contributed by atoms with Crippen LogP contribution in [0.4, 0.5) is 11.6 Å². The van der Waals surface area contributed by atoms with Gasteiger partial charge in [0.25, 0.3) is 5.91 Å². The molecule has 2 heterocycles. The number of nitrogens with one attached hydrogen (secondary N) is 2. The van der Waals surface area contributed by atoms with Crippen LogP contribution in [-0.2, 0) is 7.05 Å². The van der Waals surface area contributed by atoms with Crippen LogP contribution >= 0.6 is 0 Å². The molecule has 2 N–H and O–H groups in total. The lowest BCUT2D eigenvalue weighted by Gasteiger charge is -2.10. The van der Waals surface area contributed by atoms with Gasteiger partial charge in [-0.25, -0.2) is 9.97 Å². The fourth-order valence-electron chi connectivity index (χ4n) is 3.03. The number of nitrogens with zero attached hydrogens (tertiary/aromatic N) is 5. The molecule has 0 aliphatic heterocycles. The molecule has 3 rings (SSSR count). The number of aryl methyl sites for hydroxylation is 3. The molecule has 152 valence electrons. The number of anilines is 2. The minimum Gasteiger partial charge on any atom is -0.349 e. The summed E-state index contributed by atoms with van der Waals surface area (Å²) < 4.78 is 1.57. The summed E-state index contributed by atoms with van der Waals surface area (Å²) in [5.74, 6) is 0.325. The van der Waals surface area contributed by atoms with Gasteiger partial charge in [-0.05, 0) is 63.3 Å². The van der Waals surface area contributed by atoms with Crippen molar-refractivity contribution in [2.24, 2.45) is 7.05 Å². The summed E-state index contributed by atoms with van der Waals surface area (Å²) in [6, 6.07) is 9.72. The first-order valence-corrected chi connectivity index (χ1v) is 9.47. The zero-order valence-electron chi connectivity index (χ0n) is 17.5. The van der Waals surface area contributed by atoms with E-state index in [1.165, 1.54) is 11.1 Å². The number of hydrogen-bond acceptors (Lipinski definition) is 6. The van der Waals surface area contributed by atoms with Crippen LogP contribution in [0.25, 0.3) is 11.4 Å². The van der Waals surface area contributed by atoms with E-state index in [0.29, 0.717) is 29.6 Å². The molecule has 1 amide bonds. The summed E-state index contributed by atoms with van der Waals surface area (Å²) in [6.45, 7) is 5.45. The van der Waals surface area contributed by atoms with Crippen LogP contribution in [0.1, 0.15) is 21.6 Å². The summed E-state index contributed by atoms with van der Waals surface area (Å²) in [5, 5.41) is 10.6. The van der Waals surface area contributed by atoms with Crippen molar-refractivity contribution in [3.63, 3.8) is 0 Å². The number of likely N-dealkylation sites (N-methyl/N-ethyl adjacent to an activating group) is 1. The second-order valence-corrected chi connectivity index (χ2v) is 7.36. The fourth-order valence-corrected chi connectivity index (χ4v) is 3.03. The van der Waals surface area contributed by atoms with E-state index in [4.69, 9.17) is 0 Å². The molecule has 29 heavy (non-hydrogen) atoms. The van der Waals surface area contributed by atoms with Gasteiger partial charge >= 0.3 is 0 Å². The molecule has 0 saturated heterocycles. The van der Waals surface area contributed by atoms with Crippen LogP contribution in [0.2, 0.25) is 0 Å². The third-order valence-corrected chi connectivity index (χ3v) is 4.35. The summed E-state index contributed by atoms with van der Waals surface area (Å²) in [7, 11) is 5.68. The molecule has 0 saturated carbocycles. The van der Waals surface area contributed by atoms with E-state index in [1.807, 2.05) is 31.1 Å². The largest absolute Gasteiger partial charge is 0.349 e. The molecule has 0 radical (unpaired) electrons. The second kappa shape index (κ2) is 8.83. The third-order valence-electron chi connectivity index (χ3n) is 4.35. The molecule has 0 fully saturated rings. The Hall–Kier alpha value is -3.26. The smallest absolute Gasteiger partial charge is 0.269 e. The summed E-state index contributed by atoms with van der Waals surface area (Å²) in [5.41, 5.74) is 5.02. The van der Waals surface area contributed by atoms with E-state index in [9.17, 15) is 4.79 Å². The molecule has 0 spiro atoms. The van der Waals surface area contributed by atoms with Crippen LogP contribution in [0.3, 0.4) is 0 Å². The molecular formula is C21H27N7O. The molecule has 2 aromatic heterocycles. The number of amides is 1. The maximum Gasteiger partial charge on any atom is 0.269 e. The van der Waals surface area contributed by atoms with E-state index in [0.717, 1.165) is 12.2 Å². The number of carbonyl (C=O) groups is 1. The molecular weight excluding hydrogens is 366 g/mol. The van der Waals surface area contributed by atoms with Crippen molar-refractivity contribution < 1.29 is 4.79 Å². The lowest BCUT2D eigenvalue weighted by Crippen LogP contribution is -2.32. The van der Waals surface area contributed by atoms with E-state index in [1.54, 1.807) is 30.1 Å². The van der Waals surface area contributed by atoms with Crippen molar-refractivity contribution in [3.8, 4) is 11.4 Å². The minimum atomic E-state index is -0.157. The van der Waals surface area contributed by atoms with Gasteiger partial charge in [0, 0.05) is 32.0 Å². The SMILES string of the molecule is Cc1cc(C)cc(Nc2nccc(-c3cc(C(=O)NCCN(C)C)n(C)n3)n2)c1. The van der Waals surface area contributed by atoms with Crippen LogP contribution in [0.15, 0.2) is 36.5 Å².